The lowest BCUT2D eigenvalue weighted by Crippen LogP contribution is -2.30. The van der Waals surface area contributed by atoms with E-state index in [-0.39, 0.29) is 17.6 Å². The van der Waals surface area contributed by atoms with Crippen LogP contribution in [-0.2, 0) is 0 Å². The second-order valence-corrected chi connectivity index (χ2v) is 5.00. The maximum Gasteiger partial charge on any atom is 0.289 e. The highest BCUT2D eigenvalue weighted by Crippen LogP contribution is 2.23. The number of nitrogens with one attached hydrogen (secondary N) is 1. The number of aromatic amines is 1. The van der Waals surface area contributed by atoms with E-state index in [1.165, 1.54) is 0 Å². The molecule has 8 heteroatoms. The minimum Gasteiger partial charge on any atom is -0.461 e. The van der Waals surface area contributed by atoms with Gasteiger partial charge in [0, 0.05) is 19.5 Å². The van der Waals surface area contributed by atoms with E-state index >= 15 is 0 Å². The zero-order valence-electron chi connectivity index (χ0n) is 12.2. The summed E-state index contributed by atoms with van der Waals surface area (Å²) in [5.41, 5.74) is 0. The van der Waals surface area contributed by atoms with Crippen molar-refractivity contribution in [3.05, 3.63) is 42.1 Å². The molecule has 3 aromatic rings. The first-order valence-corrected chi connectivity index (χ1v) is 6.77. The minimum absolute atomic E-state index is 0.0350. The molecule has 114 valence electrons. The fourth-order valence-electron chi connectivity index (χ4n) is 2.15. The Morgan fingerprint density at radius 1 is 1.36 bits per heavy atom. The third-order valence-electron chi connectivity index (χ3n) is 3.28. The Kier molecular flexibility index (Phi) is 3.73. The quantitative estimate of drug-likeness (QED) is 0.772. The van der Waals surface area contributed by atoms with Gasteiger partial charge in [0.05, 0.1) is 6.26 Å². The zero-order chi connectivity index (χ0) is 15.5. The smallest absolute Gasteiger partial charge is 0.289 e. The number of hydrogen-bond acceptors (Lipinski definition) is 6. The first-order valence-electron chi connectivity index (χ1n) is 6.77. The highest BCUT2D eigenvalue weighted by molar-refractivity contribution is 5.91. The predicted octanol–water partition coefficient (Wildman–Crippen LogP) is 1.93. The van der Waals surface area contributed by atoms with Crippen molar-refractivity contribution in [2.24, 2.45) is 0 Å². The lowest BCUT2D eigenvalue weighted by Gasteiger charge is -2.18. The summed E-state index contributed by atoms with van der Waals surface area (Å²) >= 11 is 0. The van der Waals surface area contributed by atoms with E-state index in [9.17, 15) is 4.79 Å². The van der Waals surface area contributed by atoms with Crippen LogP contribution >= 0.6 is 0 Å². The number of nitrogens with zero attached hydrogens (tertiary/aromatic N) is 4. The van der Waals surface area contributed by atoms with E-state index in [2.05, 4.69) is 20.6 Å². The lowest BCUT2D eigenvalue weighted by atomic mass is 10.1. The SMILES string of the molecule is CC(CN(C)C(=O)c1ccc(-c2ccco2)o1)c1nn[nH]n1. The van der Waals surface area contributed by atoms with Crippen molar-refractivity contribution in [2.45, 2.75) is 12.8 Å². The molecule has 0 saturated carbocycles. The average molecular weight is 301 g/mol. The molecule has 1 amide bonds. The van der Waals surface area contributed by atoms with Crippen LogP contribution in [0.4, 0.5) is 0 Å². The number of rotatable bonds is 5. The van der Waals surface area contributed by atoms with E-state index in [0.717, 1.165) is 0 Å². The van der Waals surface area contributed by atoms with Crippen LogP contribution in [0.25, 0.3) is 11.5 Å². The van der Waals surface area contributed by atoms with Crippen molar-refractivity contribution in [2.75, 3.05) is 13.6 Å². The molecule has 0 fully saturated rings. The van der Waals surface area contributed by atoms with Gasteiger partial charge in [-0.1, -0.05) is 12.1 Å². The summed E-state index contributed by atoms with van der Waals surface area (Å²) in [6, 6.07) is 6.88. The summed E-state index contributed by atoms with van der Waals surface area (Å²) in [4.78, 5) is 13.9. The van der Waals surface area contributed by atoms with E-state index in [1.807, 2.05) is 6.92 Å². The maximum atomic E-state index is 12.4. The number of hydrogen-bond donors (Lipinski definition) is 1. The molecular formula is C14H15N5O3. The van der Waals surface area contributed by atoms with Crippen molar-refractivity contribution < 1.29 is 13.6 Å². The number of H-pyrrole nitrogens is 1. The van der Waals surface area contributed by atoms with E-state index < -0.39 is 0 Å². The molecule has 3 aromatic heterocycles. The van der Waals surface area contributed by atoms with E-state index in [0.29, 0.717) is 23.9 Å². The van der Waals surface area contributed by atoms with Gasteiger partial charge in [0.25, 0.3) is 5.91 Å². The van der Waals surface area contributed by atoms with Gasteiger partial charge >= 0.3 is 0 Å². The monoisotopic (exact) mass is 301 g/mol. The van der Waals surface area contributed by atoms with Crippen LogP contribution in [0.2, 0.25) is 0 Å². The van der Waals surface area contributed by atoms with E-state index in [1.54, 1.807) is 42.5 Å². The van der Waals surface area contributed by atoms with Crippen LogP contribution in [0, 0.1) is 0 Å². The molecule has 1 atom stereocenters. The van der Waals surface area contributed by atoms with Crippen molar-refractivity contribution in [1.82, 2.24) is 25.5 Å². The van der Waals surface area contributed by atoms with Crippen LogP contribution in [0.3, 0.4) is 0 Å². The van der Waals surface area contributed by atoms with Gasteiger partial charge < -0.3 is 13.7 Å². The Hall–Kier alpha value is -2.90. The van der Waals surface area contributed by atoms with Crippen molar-refractivity contribution >= 4 is 5.91 Å². The highest BCUT2D eigenvalue weighted by atomic mass is 16.4. The maximum absolute atomic E-state index is 12.4. The molecule has 3 heterocycles. The third-order valence-corrected chi connectivity index (χ3v) is 3.28. The van der Waals surface area contributed by atoms with Gasteiger partial charge in [0.15, 0.2) is 23.1 Å². The second-order valence-electron chi connectivity index (χ2n) is 5.00. The molecule has 0 aromatic carbocycles. The average Bonchev–Trinajstić information content (AvgIpc) is 3.26. The van der Waals surface area contributed by atoms with Crippen molar-refractivity contribution in [1.29, 1.82) is 0 Å². The normalized spacial score (nSPS) is 12.3. The third kappa shape index (κ3) is 2.76. The topological polar surface area (TPSA) is 101 Å². The fourth-order valence-corrected chi connectivity index (χ4v) is 2.15. The van der Waals surface area contributed by atoms with E-state index in [4.69, 9.17) is 8.83 Å². The summed E-state index contributed by atoms with van der Waals surface area (Å²) in [6.45, 7) is 2.38. The summed E-state index contributed by atoms with van der Waals surface area (Å²) in [5.74, 6) is 1.68. The van der Waals surface area contributed by atoms with Gasteiger partial charge in [-0.15, -0.1) is 10.2 Å². The summed E-state index contributed by atoms with van der Waals surface area (Å²) < 4.78 is 10.8. The Bertz CT molecular complexity index is 732. The van der Waals surface area contributed by atoms with Gasteiger partial charge in [-0.3, -0.25) is 4.79 Å². The van der Waals surface area contributed by atoms with Crippen LogP contribution in [0.15, 0.2) is 39.4 Å². The minimum atomic E-state index is -0.215. The van der Waals surface area contributed by atoms with Crippen LogP contribution in [0.1, 0.15) is 29.2 Å². The number of furan rings is 2. The molecule has 0 aliphatic carbocycles. The number of carbonyl (C=O) groups is 1. The second kappa shape index (κ2) is 5.84. The first-order chi connectivity index (χ1) is 10.6. The molecule has 0 spiro atoms. The van der Waals surface area contributed by atoms with Gasteiger partial charge in [-0.2, -0.15) is 5.21 Å². The molecule has 1 N–H and O–H groups in total. The zero-order valence-corrected chi connectivity index (χ0v) is 12.2. The number of aromatic nitrogens is 4. The summed E-state index contributed by atoms with van der Waals surface area (Å²) in [7, 11) is 1.70. The summed E-state index contributed by atoms with van der Waals surface area (Å²) in [6.07, 6.45) is 1.55. The van der Waals surface area contributed by atoms with Gasteiger partial charge in [0.1, 0.15) is 0 Å². The Morgan fingerprint density at radius 2 is 2.23 bits per heavy atom. The molecule has 0 bridgehead atoms. The van der Waals surface area contributed by atoms with Crippen LogP contribution < -0.4 is 0 Å². The van der Waals surface area contributed by atoms with Gasteiger partial charge in [-0.25, -0.2) is 0 Å². The standard InChI is InChI=1S/C14H15N5O3/c1-9(13-15-17-18-16-13)8-19(2)14(20)12-6-5-11(22-12)10-4-3-7-21-10/h3-7,9H,8H2,1-2H3,(H,15,16,17,18). The molecule has 8 nitrogen and oxygen atoms in total. The molecule has 0 radical (unpaired) electrons. The highest BCUT2D eigenvalue weighted by Gasteiger charge is 2.21. The molecule has 3 rings (SSSR count). The first kappa shape index (κ1) is 14.1. The van der Waals surface area contributed by atoms with Crippen molar-refractivity contribution in [3.63, 3.8) is 0 Å². The number of likely N-dealkylation sites (N-methyl/N-ethyl adjacent to an activating group) is 1. The Morgan fingerprint density at radius 3 is 2.91 bits per heavy atom. The lowest BCUT2D eigenvalue weighted by molar-refractivity contribution is 0.0756. The molecular weight excluding hydrogens is 286 g/mol. The molecule has 1 unspecified atom stereocenters. The Balaban J connectivity index is 1.68. The molecule has 0 aliphatic rings. The van der Waals surface area contributed by atoms with Crippen LogP contribution in [0.5, 0.6) is 0 Å². The fraction of sp³-hybridized carbons (Fsp3) is 0.286. The summed E-state index contributed by atoms with van der Waals surface area (Å²) in [5, 5.41) is 13.8. The van der Waals surface area contributed by atoms with Crippen molar-refractivity contribution in [3.8, 4) is 11.5 Å². The van der Waals surface area contributed by atoms with Gasteiger partial charge in [-0.05, 0) is 24.3 Å². The molecule has 22 heavy (non-hydrogen) atoms. The molecule has 0 aliphatic heterocycles. The number of carbonyl (C=O) groups excluding carboxylic acids is 1. The number of tetrazole rings is 1. The van der Waals surface area contributed by atoms with Gasteiger partial charge in [0.2, 0.25) is 0 Å². The van der Waals surface area contributed by atoms with Crippen LogP contribution in [-0.4, -0.2) is 45.0 Å². The molecule has 0 saturated heterocycles. The number of amides is 1. The predicted molar refractivity (Wildman–Crippen MR) is 76.0 cm³/mol. The largest absolute Gasteiger partial charge is 0.461 e. The Labute approximate surface area is 126 Å².